The quantitative estimate of drug-likeness (QED) is 0.655. The molecular formula is C17H21ClN2O3. The Balaban J connectivity index is 2.44. The monoisotopic (exact) mass is 336 g/mol. The highest BCUT2D eigenvalue weighted by atomic mass is 35.5. The van der Waals surface area contributed by atoms with Gasteiger partial charge in [0, 0.05) is 23.6 Å². The number of hydrogen-bond acceptors (Lipinski definition) is 3. The molecule has 0 aromatic heterocycles. The van der Waals surface area contributed by atoms with Crippen molar-refractivity contribution in [3.63, 3.8) is 0 Å². The van der Waals surface area contributed by atoms with E-state index in [-0.39, 0.29) is 18.9 Å². The van der Waals surface area contributed by atoms with Gasteiger partial charge in [-0.15, -0.1) is 11.6 Å². The number of nitrogens with one attached hydrogen (secondary N) is 2. The van der Waals surface area contributed by atoms with E-state index in [2.05, 4.69) is 22.5 Å². The zero-order chi connectivity index (χ0) is 17.3. The van der Waals surface area contributed by atoms with E-state index in [4.69, 9.17) is 16.3 Å². The van der Waals surface area contributed by atoms with Crippen LogP contribution in [0.15, 0.2) is 24.3 Å². The first-order valence-electron chi connectivity index (χ1n) is 7.22. The molecule has 0 saturated heterocycles. The molecule has 0 radical (unpaired) electrons. The summed E-state index contributed by atoms with van der Waals surface area (Å²) in [4.78, 5) is 22.8. The van der Waals surface area contributed by atoms with Gasteiger partial charge in [0.2, 0.25) is 5.91 Å². The van der Waals surface area contributed by atoms with Gasteiger partial charge in [-0.2, -0.15) is 0 Å². The minimum atomic E-state index is -0.527. The molecular weight excluding hydrogens is 316 g/mol. The van der Waals surface area contributed by atoms with Gasteiger partial charge >= 0.3 is 6.09 Å². The van der Waals surface area contributed by atoms with Gasteiger partial charge in [0.05, 0.1) is 6.54 Å². The standard InChI is InChI=1S/C17H21ClN2O3/c1-17(2,3)23-16(22)19-12-4-5-13-6-8-14(9-7-13)20-15(21)10-11-18/h6-9H,10-12H2,1-3H3,(H,19,22)(H,20,21). The molecule has 124 valence electrons. The number of anilines is 1. The van der Waals surface area contributed by atoms with Gasteiger partial charge in [-0.25, -0.2) is 4.79 Å². The highest BCUT2D eigenvalue weighted by Crippen LogP contribution is 2.09. The molecule has 2 amide bonds. The second-order valence-electron chi connectivity index (χ2n) is 5.72. The normalized spacial score (nSPS) is 10.3. The van der Waals surface area contributed by atoms with Crippen LogP contribution < -0.4 is 10.6 Å². The summed E-state index contributed by atoms with van der Waals surface area (Å²) in [5.74, 6) is 5.91. The lowest BCUT2D eigenvalue weighted by atomic mass is 10.2. The first-order valence-corrected chi connectivity index (χ1v) is 7.75. The van der Waals surface area contributed by atoms with Gasteiger partial charge in [0.15, 0.2) is 0 Å². The molecule has 6 heteroatoms. The maximum Gasteiger partial charge on any atom is 0.408 e. The van der Waals surface area contributed by atoms with E-state index >= 15 is 0 Å². The lowest BCUT2D eigenvalue weighted by Crippen LogP contribution is -2.32. The first-order chi connectivity index (χ1) is 10.8. The van der Waals surface area contributed by atoms with Crippen LogP contribution in [-0.4, -0.2) is 30.0 Å². The van der Waals surface area contributed by atoms with Crippen LogP contribution in [0.5, 0.6) is 0 Å². The molecule has 23 heavy (non-hydrogen) atoms. The third kappa shape index (κ3) is 8.74. The Morgan fingerprint density at radius 2 is 1.87 bits per heavy atom. The number of carbonyl (C=O) groups is 2. The lowest BCUT2D eigenvalue weighted by Gasteiger charge is -2.18. The number of hydrogen-bond donors (Lipinski definition) is 2. The predicted octanol–water partition coefficient (Wildman–Crippen LogP) is 3.13. The van der Waals surface area contributed by atoms with Crippen molar-refractivity contribution in [1.82, 2.24) is 5.32 Å². The Labute approximate surface area is 141 Å². The van der Waals surface area contributed by atoms with Crippen molar-refractivity contribution >= 4 is 29.3 Å². The second-order valence-corrected chi connectivity index (χ2v) is 6.10. The van der Waals surface area contributed by atoms with Crippen molar-refractivity contribution in [3.8, 4) is 11.8 Å². The van der Waals surface area contributed by atoms with Crippen LogP contribution in [0.1, 0.15) is 32.8 Å². The summed E-state index contributed by atoms with van der Waals surface area (Å²) < 4.78 is 5.10. The number of ether oxygens (including phenoxy) is 1. The summed E-state index contributed by atoms with van der Waals surface area (Å²) >= 11 is 5.50. The van der Waals surface area contributed by atoms with Crippen LogP contribution in [0.2, 0.25) is 0 Å². The molecule has 0 aliphatic heterocycles. The van der Waals surface area contributed by atoms with E-state index in [9.17, 15) is 9.59 Å². The first kappa shape index (κ1) is 18.9. The van der Waals surface area contributed by atoms with Gasteiger partial charge in [0.1, 0.15) is 5.60 Å². The molecule has 0 fully saturated rings. The summed E-state index contributed by atoms with van der Waals surface area (Å²) in [6, 6.07) is 7.10. The van der Waals surface area contributed by atoms with Crippen molar-refractivity contribution in [2.24, 2.45) is 0 Å². The predicted molar refractivity (Wildman–Crippen MR) is 91.5 cm³/mol. The molecule has 2 N–H and O–H groups in total. The Morgan fingerprint density at radius 1 is 1.22 bits per heavy atom. The summed E-state index contributed by atoms with van der Waals surface area (Å²) in [6.45, 7) is 5.59. The average Bonchev–Trinajstić information content (AvgIpc) is 2.43. The summed E-state index contributed by atoms with van der Waals surface area (Å²) in [6.07, 6.45) is -0.219. The fraction of sp³-hybridized carbons (Fsp3) is 0.412. The highest BCUT2D eigenvalue weighted by molar-refractivity contribution is 6.19. The molecule has 0 unspecified atom stereocenters. The van der Waals surface area contributed by atoms with Crippen LogP contribution >= 0.6 is 11.6 Å². The molecule has 1 rings (SSSR count). The molecule has 5 nitrogen and oxygen atoms in total. The molecule has 1 aromatic rings. The van der Waals surface area contributed by atoms with Crippen molar-refractivity contribution in [1.29, 1.82) is 0 Å². The van der Waals surface area contributed by atoms with Crippen LogP contribution in [-0.2, 0) is 9.53 Å². The van der Waals surface area contributed by atoms with E-state index in [0.29, 0.717) is 11.6 Å². The van der Waals surface area contributed by atoms with E-state index in [1.165, 1.54) is 0 Å². The molecule has 0 heterocycles. The third-order valence-electron chi connectivity index (χ3n) is 2.44. The minimum absolute atomic E-state index is 0.125. The number of amides is 2. The summed E-state index contributed by atoms with van der Waals surface area (Å²) in [5.41, 5.74) is 0.949. The third-order valence-corrected chi connectivity index (χ3v) is 2.63. The smallest absolute Gasteiger partial charge is 0.408 e. The van der Waals surface area contributed by atoms with E-state index in [1.54, 1.807) is 45.0 Å². The van der Waals surface area contributed by atoms with Gasteiger partial charge in [-0.1, -0.05) is 11.8 Å². The zero-order valence-electron chi connectivity index (χ0n) is 13.5. The zero-order valence-corrected chi connectivity index (χ0v) is 14.3. The van der Waals surface area contributed by atoms with Crippen LogP contribution in [0, 0.1) is 11.8 Å². The number of alkyl carbamates (subject to hydrolysis) is 1. The molecule has 0 aliphatic rings. The topological polar surface area (TPSA) is 67.4 Å². The Bertz CT molecular complexity index is 595. The highest BCUT2D eigenvalue weighted by Gasteiger charge is 2.14. The van der Waals surface area contributed by atoms with Crippen molar-refractivity contribution < 1.29 is 14.3 Å². The summed E-state index contributed by atoms with van der Waals surface area (Å²) in [7, 11) is 0. The van der Waals surface area contributed by atoms with Crippen molar-refractivity contribution in [2.75, 3.05) is 17.7 Å². The number of carbonyl (C=O) groups excluding carboxylic acids is 2. The molecule has 0 saturated carbocycles. The number of halogens is 1. The molecule has 0 atom stereocenters. The van der Waals surface area contributed by atoms with Gasteiger partial charge in [0.25, 0.3) is 0 Å². The second kappa shape index (κ2) is 9.06. The van der Waals surface area contributed by atoms with Crippen LogP contribution in [0.3, 0.4) is 0 Å². The van der Waals surface area contributed by atoms with Gasteiger partial charge in [-0.05, 0) is 45.0 Å². The minimum Gasteiger partial charge on any atom is -0.444 e. The van der Waals surface area contributed by atoms with E-state index in [0.717, 1.165) is 5.56 Å². The van der Waals surface area contributed by atoms with Gasteiger partial charge < -0.3 is 15.4 Å². The van der Waals surface area contributed by atoms with E-state index in [1.807, 2.05) is 0 Å². The number of alkyl halides is 1. The Hall–Kier alpha value is -2.19. The largest absolute Gasteiger partial charge is 0.444 e. The van der Waals surface area contributed by atoms with E-state index < -0.39 is 11.7 Å². The fourth-order valence-corrected chi connectivity index (χ4v) is 1.69. The Kier molecular flexibility index (Phi) is 7.43. The SMILES string of the molecule is CC(C)(C)OC(=O)NCC#Cc1ccc(NC(=O)CCCl)cc1. The summed E-state index contributed by atoms with van der Waals surface area (Å²) in [5, 5.41) is 5.29. The molecule has 0 aliphatic carbocycles. The molecule has 0 spiro atoms. The number of benzene rings is 1. The number of rotatable bonds is 4. The molecule has 0 bridgehead atoms. The maximum absolute atomic E-state index is 11.4. The lowest BCUT2D eigenvalue weighted by molar-refractivity contribution is -0.115. The maximum atomic E-state index is 11.4. The van der Waals surface area contributed by atoms with Crippen molar-refractivity contribution in [3.05, 3.63) is 29.8 Å². The van der Waals surface area contributed by atoms with Gasteiger partial charge in [-0.3, -0.25) is 4.79 Å². The molecule has 1 aromatic carbocycles. The fourth-order valence-electron chi connectivity index (χ4n) is 1.52. The average molecular weight is 337 g/mol. The van der Waals surface area contributed by atoms with Crippen molar-refractivity contribution in [2.45, 2.75) is 32.8 Å². The Morgan fingerprint density at radius 3 is 2.43 bits per heavy atom. The van der Waals surface area contributed by atoms with Crippen LogP contribution in [0.4, 0.5) is 10.5 Å². The van der Waals surface area contributed by atoms with Crippen LogP contribution in [0.25, 0.3) is 0 Å².